The fourth-order valence-corrected chi connectivity index (χ4v) is 4.76. The van der Waals surface area contributed by atoms with Crippen LogP contribution >= 0.6 is 11.6 Å². The van der Waals surface area contributed by atoms with Gasteiger partial charge in [-0.05, 0) is 56.5 Å². The normalized spacial score (nSPS) is 14.0. The number of nitrogens with zero attached hydrogens (tertiary/aromatic N) is 1. The maximum absolute atomic E-state index is 14.3. The number of imidazole rings is 1. The Hall–Kier alpha value is -3.59. The maximum atomic E-state index is 14.3. The largest absolute Gasteiger partial charge is 0.486 e. The zero-order chi connectivity index (χ0) is 26.5. The lowest BCUT2D eigenvalue weighted by Gasteiger charge is -2.18. The van der Waals surface area contributed by atoms with Gasteiger partial charge in [-0.1, -0.05) is 17.7 Å². The van der Waals surface area contributed by atoms with Gasteiger partial charge in [-0.15, -0.1) is 0 Å². The lowest BCUT2D eigenvalue weighted by molar-refractivity contribution is 0.0966. The molecule has 0 unspecified atom stereocenters. The van der Waals surface area contributed by atoms with Gasteiger partial charge in [-0.3, -0.25) is 4.79 Å². The Morgan fingerprint density at radius 3 is 2.62 bits per heavy atom. The summed E-state index contributed by atoms with van der Waals surface area (Å²) in [6, 6.07) is 7.25. The number of hydrogen-bond donors (Lipinski definition) is 2. The number of benzene rings is 3. The molecule has 0 amide bonds. The molecule has 5 nitrogen and oxygen atoms in total. The van der Waals surface area contributed by atoms with Gasteiger partial charge in [0.2, 0.25) is 5.95 Å². The molecule has 0 saturated heterocycles. The predicted molar refractivity (Wildman–Crippen MR) is 133 cm³/mol. The van der Waals surface area contributed by atoms with Crippen LogP contribution < -0.4 is 10.1 Å². The van der Waals surface area contributed by atoms with Gasteiger partial charge < -0.3 is 15.0 Å². The minimum Gasteiger partial charge on any atom is -0.486 e. The van der Waals surface area contributed by atoms with Crippen LogP contribution in [0.25, 0.3) is 11.0 Å². The van der Waals surface area contributed by atoms with Crippen LogP contribution in [0.1, 0.15) is 48.2 Å². The summed E-state index contributed by atoms with van der Waals surface area (Å²) in [5.41, 5.74) is 1.68. The monoisotopic (exact) mass is 531 g/mol. The highest BCUT2D eigenvalue weighted by Crippen LogP contribution is 2.43. The number of aryl methyl sites for hydroxylation is 1. The third-order valence-corrected chi connectivity index (χ3v) is 6.57. The molecule has 0 radical (unpaired) electrons. The highest BCUT2D eigenvalue weighted by molar-refractivity contribution is 6.33. The standard InChI is InChI=1S/C27H22ClF4N3O2/c1-27(2)12-15-23-21(33-26(34-23)35-24-16(28)6-4-7-17(24)29)10-14(25(15)37-27)22(36)8-3-5-13-9-19(31)20(32)11-18(13)30/h4,6-7,9-11H,3,5,8,12H2,1-2H3,(H2,33,34,35). The summed E-state index contributed by atoms with van der Waals surface area (Å²) >= 11 is 6.12. The quantitative estimate of drug-likeness (QED) is 0.148. The number of Topliss-reactive ketones (excluding diaryl/α,β-unsaturated/α-hetero) is 1. The number of nitrogens with one attached hydrogen (secondary N) is 2. The van der Waals surface area contributed by atoms with E-state index >= 15 is 0 Å². The van der Waals surface area contributed by atoms with Crippen molar-refractivity contribution in [3.63, 3.8) is 0 Å². The van der Waals surface area contributed by atoms with Crippen LogP contribution in [0.5, 0.6) is 5.75 Å². The lowest BCUT2D eigenvalue weighted by atomic mass is 9.96. The molecule has 0 bridgehead atoms. The van der Waals surface area contributed by atoms with Crippen molar-refractivity contribution in [2.75, 3.05) is 5.32 Å². The number of rotatable bonds is 7. The van der Waals surface area contributed by atoms with Crippen molar-refractivity contribution in [3.8, 4) is 5.75 Å². The van der Waals surface area contributed by atoms with E-state index in [1.165, 1.54) is 12.1 Å². The van der Waals surface area contributed by atoms with E-state index in [-0.39, 0.29) is 47.3 Å². The number of hydrogen-bond acceptors (Lipinski definition) is 4. The van der Waals surface area contributed by atoms with Crippen molar-refractivity contribution in [1.82, 2.24) is 9.97 Å². The van der Waals surface area contributed by atoms with Crippen molar-refractivity contribution in [1.29, 1.82) is 0 Å². The Balaban J connectivity index is 1.43. The van der Waals surface area contributed by atoms with Crippen LogP contribution in [0.3, 0.4) is 0 Å². The number of ether oxygens (including phenoxy) is 1. The van der Waals surface area contributed by atoms with Gasteiger partial charge in [0.15, 0.2) is 17.4 Å². The summed E-state index contributed by atoms with van der Waals surface area (Å²) in [6.45, 7) is 3.79. The highest BCUT2D eigenvalue weighted by atomic mass is 35.5. The third-order valence-electron chi connectivity index (χ3n) is 6.25. The molecule has 3 aromatic carbocycles. The fraction of sp³-hybridized carbons (Fsp3) is 0.259. The number of anilines is 2. The maximum Gasteiger partial charge on any atom is 0.205 e. The smallest absolute Gasteiger partial charge is 0.205 e. The van der Waals surface area contributed by atoms with Crippen LogP contribution in [0, 0.1) is 23.3 Å². The molecule has 5 rings (SSSR count). The van der Waals surface area contributed by atoms with Gasteiger partial charge in [0, 0.05) is 24.5 Å². The summed E-state index contributed by atoms with van der Waals surface area (Å²) in [4.78, 5) is 20.9. The Bertz CT molecular complexity index is 1530. The van der Waals surface area contributed by atoms with E-state index in [9.17, 15) is 22.4 Å². The van der Waals surface area contributed by atoms with Crippen molar-refractivity contribution in [3.05, 3.63) is 81.4 Å². The third kappa shape index (κ3) is 4.87. The Kier molecular flexibility index (Phi) is 6.35. The van der Waals surface area contributed by atoms with Crippen LogP contribution in [0.4, 0.5) is 29.2 Å². The first-order valence-electron chi connectivity index (χ1n) is 11.6. The average Bonchev–Trinajstić information content (AvgIpc) is 3.38. The van der Waals surface area contributed by atoms with Crippen molar-refractivity contribution in [2.24, 2.45) is 0 Å². The second kappa shape index (κ2) is 9.37. The van der Waals surface area contributed by atoms with E-state index < -0.39 is 28.9 Å². The first kappa shape index (κ1) is 25.1. The van der Waals surface area contributed by atoms with E-state index in [2.05, 4.69) is 15.3 Å². The first-order valence-corrected chi connectivity index (χ1v) is 12.0. The summed E-state index contributed by atoms with van der Waals surface area (Å²) in [5.74, 6) is -3.38. The number of H-pyrrole nitrogens is 1. The number of para-hydroxylation sites is 1. The number of halogens is 5. The Morgan fingerprint density at radius 1 is 1.11 bits per heavy atom. The Labute approximate surface area is 214 Å². The van der Waals surface area contributed by atoms with Gasteiger partial charge in [-0.25, -0.2) is 22.5 Å². The molecule has 1 aromatic heterocycles. The second-order valence-corrected chi connectivity index (χ2v) is 10.0. The molecule has 37 heavy (non-hydrogen) atoms. The molecule has 0 fully saturated rings. The Morgan fingerprint density at radius 2 is 1.86 bits per heavy atom. The zero-order valence-corrected chi connectivity index (χ0v) is 20.7. The summed E-state index contributed by atoms with van der Waals surface area (Å²) in [5, 5.41) is 3.05. The molecule has 2 heterocycles. The minimum absolute atomic E-state index is 0.000790. The lowest BCUT2D eigenvalue weighted by Crippen LogP contribution is -2.25. The SMILES string of the molecule is CC1(C)Cc2c(c(C(=O)CCCc3cc(F)c(F)cc3F)cc3[nH]c(Nc4c(F)cccc4Cl)nc23)O1. The molecule has 0 aliphatic carbocycles. The van der Waals surface area contributed by atoms with Crippen LogP contribution in [0.15, 0.2) is 36.4 Å². The zero-order valence-electron chi connectivity index (χ0n) is 19.9. The van der Waals surface area contributed by atoms with Gasteiger partial charge in [0.25, 0.3) is 0 Å². The van der Waals surface area contributed by atoms with E-state index in [1.54, 1.807) is 12.1 Å². The molecule has 1 aliphatic rings. The second-order valence-electron chi connectivity index (χ2n) is 9.61. The minimum atomic E-state index is -1.26. The molecule has 1 aliphatic heterocycles. The van der Waals surface area contributed by atoms with Crippen LogP contribution in [-0.4, -0.2) is 21.4 Å². The van der Waals surface area contributed by atoms with E-state index in [1.807, 2.05) is 13.8 Å². The molecule has 2 N–H and O–H groups in total. The fourth-order valence-electron chi connectivity index (χ4n) is 4.55. The number of fused-ring (bicyclic) bond motifs is 3. The molecule has 0 saturated carbocycles. The molecule has 0 atom stereocenters. The average molecular weight is 532 g/mol. The van der Waals surface area contributed by atoms with Crippen molar-refractivity contribution in [2.45, 2.75) is 45.1 Å². The number of aromatic nitrogens is 2. The molecular weight excluding hydrogens is 510 g/mol. The molecule has 0 spiro atoms. The summed E-state index contributed by atoms with van der Waals surface area (Å²) in [6.07, 6.45) is 0.806. The molecular formula is C27H22ClF4N3O2. The van der Waals surface area contributed by atoms with Crippen LogP contribution in [0.2, 0.25) is 5.02 Å². The van der Waals surface area contributed by atoms with E-state index in [0.717, 1.165) is 11.6 Å². The number of carbonyl (C=O) groups is 1. The molecule has 10 heteroatoms. The van der Waals surface area contributed by atoms with E-state index in [4.69, 9.17) is 16.3 Å². The number of ketones is 1. The summed E-state index contributed by atoms with van der Waals surface area (Å²) in [7, 11) is 0. The highest BCUT2D eigenvalue weighted by Gasteiger charge is 2.36. The van der Waals surface area contributed by atoms with Gasteiger partial charge in [0.1, 0.15) is 23.0 Å². The van der Waals surface area contributed by atoms with Crippen molar-refractivity contribution < 1.29 is 27.1 Å². The van der Waals surface area contributed by atoms with Gasteiger partial charge in [-0.2, -0.15) is 0 Å². The van der Waals surface area contributed by atoms with Crippen LogP contribution in [-0.2, 0) is 12.8 Å². The van der Waals surface area contributed by atoms with Crippen molar-refractivity contribution >= 4 is 40.1 Å². The topological polar surface area (TPSA) is 67.0 Å². The number of carbonyl (C=O) groups excluding carboxylic acids is 1. The van der Waals surface area contributed by atoms with Gasteiger partial charge in [0.05, 0.1) is 27.3 Å². The molecule has 4 aromatic rings. The van der Waals surface area contributed by atoms with E-state index in [0.29, 0.717) is 34.8 Å². The first-order chi connectivity index (χ1) is 17.5. The predicted octanol–water partition coefficient (Wildman–Crippen LogP) is 7.44. The summed E-state index contributed by atoms with van der Waals surface area (Å²) < 4.78 is 61.0. The van der Waals surface area contributed by atoms with Gasteiger partial charge >= 0.3 is 0 Å². The number of aromatic amines is 1. The molecule has 192 valence electrons.